The number of hydrogen-bond acceptors (Lipinski definition) is 6. The molecular formula is C24H21BrN2O5. The number of benzene rings is 3. The van der Waals surface area contributed by atoms with E-state index >= 15 is 0 Å². The fourth-order valence-electron chi connectivity index (χ4n) is 2.67. The van der Waals surface area contributed by atoms with Gasteiger partial charge in [0.05, 0.1) is 18.9 Å². The number of ether oxygens (including phenoxy) is 3. The molecule has 0 aromatic heterocycles. The zero-order valence-corrected chi connectivity index (χ0v) is 19.1. The van der Waals surface area contributed by atoms with Gasteiger partial charge in [-0.2, -0.15) is 5.10 Å². The van der Waals surface area contributed by atoms with Gasteiger partial charge in [-0.05, 0) is 61.0 Å². The Bertz CT molecular complexity index is 1130. The molecule has 0 spiro atoms. The zero-order valence-electron chi connectivity index (χ0n) is 17.5. The number of halogens is 1. The number of methoxy groups -OCH3 is 1. The lowest BCUT2D eigenvalue weighted by Crippen LogP contribution is -2.24. The molecule has 0 aliphatic heterocycles. The number of nitrogens with zero attached hydrogens (tertiary/aromatic N) is 1. The average Bonchev–Trinajstić information content (AvgIpc) is 2.80. The Morgan fingerprint density at radius 1 is 1.03 bits per heavy atom. The molecule has 0 bridgehead atoms. The number of rotatable bonds is 8. The van der Waals surface area contributed by atoms with Gasteiger partial charge >= 0.3 is 5.97 Å². The van der Waals surface area contributed by atoms with Crippen molar-refractivity contribution in [2.45, 2.75) is 6.92 Å². The molecule has 0 heterocycles. The van der Waals surface area contributed by atoms with Gasteiger partial charge in [-0.3, -0.25) is 4.79 Å². The molecule has 1 N–H and O–H groups in total. The molecule has 3 aromatic carbocycles. The summed E-state index contributed by atoms with van der Waals surface area (Å²) < 4.78 is 16.9. The Balaban J connectivity index is 1.62. The van der Waals surface area contributed by atoms with Crippen LogP contribution in [0.4, 0.5) is 0 Å². The molecule has 0 aliphatic carbocycles. The molecule has 164 valence electrons. The van der Waals surface area contributed by atoms with E-state index in [9.17, 15) is 9.59 Å². The lowest BCUT2D eigenvalue weighted by molar-refractivity contribution is -0.123. The summed E-state index contributed by atoms with van der Waals surface area (Å²) in [6.07, 6.45) is 1.40. The fourth-order valence-corrected chi connectivity index (χ4v) is 3.05. The number of carbonyl (C=O) groups is 2. The number of hydrazone groups is 1. The van der Waals surface area contributed by atoms with Crippen molar-refractivity contribution in [1.82, 2.24) is 5.43 Å². The van der Waals surface area contributed by atoms with Gasteiger partial charge in [-0.25, -0.2) is 10.2 Å². The fraction of sp³-hybridized carbons (Fsp3) is 0.125. The van der Waals surface area contributed by atoms with Crippen LogP contribution in [0.5, 0.6) is 17.2 Å². The summed E-state index contributed by atoms with van der Waals surface area (Å²) in [6.45, 7) is 1.72. The number of carbonyl (C=O) groups excluding carboxylic acids is 2. The van der Waals surface area contributed by atoms with Crippen molar-refractivity contribution < 1.29 is 23.8 Å². The zero-order chi connectivity index (χ0) is 22.9. The first-order chi connectivity index (χ1) is 15.5. The van der Waals surface area contributed by atoms with Gasteiger partial charge in [0.2, 0.25) is 0 Å². The van der Waals surface area contributed by atoms with Gasteiger partial charge in [0.25, 0.3) is 5.91 Å². The van der Waals surface area contributed by atoms with Gasteiger partial charge < -0.3 is 14.2 Å². The van der Waals surface area contributed by atoms with Gasteiger partial charge in [0.1, 0.15) is 17.2 Å². The van der Waals surface area contributed by atoms with Crippen LogP contribution in [0, 0.1) is 6.92 Å². The lowest BCUT2D eigenvalue weighted by Gasteiger charge is -2.09. The Labute approximate surface area is 194 Å². The standard InChI is InChI=1S/C24H21BrN2O5/c1-16-5-3-4-6-21(16)31-15-23(28)27-26-14-18-13-19(25)9-12-22(18)32-24(29)17-7-10-20(30-2)11-8-17/h3-14H,15H2,1-2H3,(H,27,28)/b26-14-. The third kappa shape index (κ3) is 6.42. The molecule has 0 radical (unpaired) electrons. The second-order valence-corrected chi connectivity index (χ2v) is 7.56. The van der Waals surface area contributed by atoms with Crippen molar-refractivity contribution >= 4 is 34.0 Å². The number of amides is 1. The molecule has 0 saturated carbocycles. The molecule has 3 rings (SSSR count). The molecule has 0 atom stereocenters. The Morgan fingerprint density at radius 3 is 2.50 bits per heavy atom. The van der Waals surface area contributed by atoms with Crippen LogP contribution in [0.25, 0.3) is 0 Å². The van der Waals surface area contributed by atoms with Crippen LogP contribution in [0.1, 0.15) is 21.5 Å². The predicted octanol–water partition coefficient (Wildman–Crippen LogP) is 4.51. The van der Waals surface area contributed by atoms with E-state index in [1.165, 1.54) is 6.21 Å². The van der Waals surface area contributed by atoms with Gasteiger partial charge in [-0.15, -0.1) is 0 Å². The van der Waals surface area contributed by atoms with E-state index in [1.807, 2.05) is 25.1 Å². The highest BCUT2D eigenvalue weighted by atomic mass is 79.9. The van der Waals surface area contributed by atoms with Crippen LogP contribution in [0.3, 0.4) is 0 Å². The van der Waals surface area contributed by atoms with Crippen LogP contribution < -0.4 is 19.6 Å². The quantitative estimate of drug-likeness (QED) is 0.214. The lowest BCUT2D eigenvalue weighted by atomic mass is 10.2. The Morgan fingerprint density at radius 2 is 1.78 bits per heavy atom. The molecule has 1 amide bonds. The first kappa shape index (κ1) is 23.0. The molecule has 0 fully saturated rings. The molecular weight excluding hydrogens is 476 g/mol. The molecule has 7 nitrogen and oxygen atoms in total. The Hall–Kier alpha value is -3.65. The highest BCUT2D eigenvalue weighted by molar-refractivity contribution is 9.10. The molecule has 8 heteroatoms. The molecule has 32 heavy (non-hydrogen) atoms. The van der Waals surface area contributed by atoms with E-state index in [0.29, 0.717) is 28.4 Å². The highest BCUT2D eigenvalue weighted by Crippen LogP contribution is 2.23. The van der Waals surface area contributed by atoms with Gasteiger partial charge in [0.15, 0.2) is 6.61 Å². The summed E-state index contributed by atoms with van der Waals surface area (Å²) in [5, 5.41) is 3.95. The minimum Gasteiger partial charge on any atom is -0.497 e. The maximum atomic E-state index is 12.5. The van der Waals surface area contributed by atoms with Crippen LogP contribution in [0.15, 0.2) is 76.3 Å². The highest BCUT2D eigenvalue weighted by Gasteiger charge is 2.12. The summed E-state index contributed by atoms with van der Waals surface area (Å²) in [6, 6.07) is 19.1. The van der Waals surface area contributed by atoms with Crippen LogP contribution in [-0.4, -0.2) is 31.8 Å². The van der Waals surface area contributed by atoms with Crippen LogP contribution >= 0.6 is 15.9 Å². The summed E-state index contributed by atoms with van der Waals surface area (Å²) in [5.74, 6) is 0.617. The van der Waals surface area contributed by atoms with Crippen LogP contribution in [-0.2, 0) is 4.79 Å². The maximum Gasteiger partial charge on any atom is 0.343 e. The van der Waals surface area contributed by atoms with Crippen molar-refractivity contribution in [3.05, 3.63) is 87.9 Å². The predicted molar refractivity (Wildman–Crippen MR) is 125 cm³/mol. The monoisotopic (exact) mass is 496 g/mol. The Kier molecular flexibility index (Phi) is 7.99. The van der Waals surface area contributed by atoms with Crippen molar-refractivity contribution in [2.75, 3.05) is 13.7 Å². The summed E-state index contributed by atoms with van der Waals surface area (Å²) in [5.41, 5.74) is 4.21. The largest absolute Gasteiger partial charge is 0.497 e. The first-order valence-corrected chi connectivity index (χ1v) is 10.4. The van der Waals surface area contributed by atoms with Crippen LogP contribution in [0.2, 0.25) is 0 Å². The van der Waals surface area contributed by atoms with Crippen molar-refractivity contribution in [1.29, 1.82) is 0 Å². The molecule has 0 saturated heterocycles. The number of para-hydroxylation sites is 1. The first-order valence-electron chi connectivity index (χ1n) is 9.62. The van der Waals surface area contributed by atoms with Crippen molar-refractivity contribution in [2.24, 2.45) is 5.10 Å². The van der Waals surface area contributed by atoms with E-state index in [1.54, 1.807) is 55.6 Å². The van der Waals surface area contributed by atoms with Crippen molar-refractivity contribution in [3.8, 4) is 17.2 Å². The van der Waals surface area contributed by atoms with E-state index in [4.69, 9.17) is 14.2 Å². The van der Waals surface area contributed by atoms with Gasteiger partial charge in [-0.1, -0.05) is 34.1 Å². The van der Waals surface area contributed by atoms with E-state index in [2.05, 4.69) is 26.5 Å². The normalized spacial score (nSPS) is 10.6. The third-order valence-corrected chi connectivity index (χ3v) is 4.84. The second-order valence-electron chi connectivity index (χ2n) is 6.65. The van der Waals surface area contributed by atoms with E-state index in [-0.39, 0.29) is 6.61 Å². The number of hydrogen-bond donors (Lipinski definition) is 1. The number of esters is 1. The minimum atomic E-state index is -0.528. The third-order valence-electron chi connectivity index (χ3n) is 4.35. The van der Waals surface area contributed by atoms with Crippen molar-refractivity contribution in [3.63, 3.8) is 0 Å². The van der Waals surface area contributed by atoms with E-state index in [0.717, 1.165) is 10.0 Å². The minimum absolute atomic E-state index is 0.181. The number of nitrogens with one attached hydrogen (secondary N) is 1. The maximum absolute atomic E-state index is 12.5. The summed E-state index contributed by atoms with van der Waals surface area (Å²) >= 11 is 3.38. The number of aryl methyl sites for hydroxylation is 1. The molecule has 0 aliphatic rings. The summed E-state index contributed by atoms with van der Waals surface area (Å²) in [4.78, 5) is 24.5. The smallest absolute Gasteiger partial charge is 0.343 e. The second kappa shape index (κ2) is 11.1. The van der Waals surface area contributed by atoms with E-state index < -0.39 is 11.9 Å². The summed E-state index contributed by atoms with van der Waals surface area (Å²) in [7, 11) is 1.55. The molecule has 0 unspecified atom stereocenters. The topological polar surface area (TPSA) is 86.2 Å². The molecule has 3 aromatic rings. The van der Waals surface area contributed by atoms with Gasteiger partial charge in [0, 0.05) is 10.0 Å². The average molecular weight is 497 g/mol. The SMILES string of the molecule is COc1ccc(C(=O)Oc2ccc(Br)cc2/C=N\NC(=O)COc2ccccc2C)cc1.